The Kier molecular flexibility index (Phi) is 4.50. The highest BCUT2D eigenvalue weighted by Gasteiger charge is 2.07. The van der Waals surface area contributed by atoms with Crippen LogP contribution in [0.2, 0.25) is 5.15 Å². The van der Waals surface area contributed by atoms with Gasteiger partial charge in [-0.15, -0.1) is 0 Å². The predicted octanol–water partition coefficient (Wildman–Crippen LogP) is 3.57. The summed E-state index contributed by atoms with van der Waals surface area (Å²) in [4.78, 5) is 15.6. The van der Waals surface area contributed by atoms with E-state index in [9.17, 15) is 9.18 Å². The first-order valence-corrected chi connectivity index (χ1v) is 6.57. The Hall–Kier alpha value is -1.46. The van der Waals surface area contributed by atoms with Crippen molar-refractivity contribution < 1.29 is 9.18 Å². The van der Waals surface area contributed by atoms with E-state index in [2.05, 4.69) is 26.2 Å². The maximum Gasteiger partial charge on any atom is 0.253 e. The van der Waals surface area contributed by atoms with E-state index in [4.69, 9.17) is 11.6 Å². The summed E-state index contributed by atoms with van der Waals surface area (Å²) >= 11 is 8.94. The van der Waals surface area contributed by atoms with Crippen molar-refractivity contribution in [1.29, 1.82) is 0 Å². The van der Waals surface area contributed by atoms with E-state index in [0.29, 0.717) is 16.3 Å². The van der Waals surface area contributed by atoms with Crippen molar-refractivity contribution in [2.24, 2.45) is 0 Å². The van der Waals surface area contributed by atoms with E-state index < -0.39 is 0 Å². The third kappa shape index (κ3) is 3.75. The summed E-state index contributed by atoms with van der Waals surface area (Å²) in [5, 5.41) is 3.01. The first-order chi connectivity index (χ1) is 9.06. The van der Waals surface area contributed by atoms with Crippen molar-refractivity contribution in [3.8, 4) is 0 Å². The number of hydrogen-bond acceptors (Lipinski definition) is 2. The fourth-order valence-electron chi connectivity index (χ4n) is 1.47. The zero-order chi connectivity index (χ0) is 13.8. The second-order valence-corrected chi connectivity index (χ2v) is 5.03. The average molecular weight is 344 g/mol. The number of benzene rings is 1. The van der Waals surface area contributed by atoms with Crippen LogP contribution in [0, 0.1) is 5.82 Å². The lowest BCUT2D eigenvalue weighted by molar-refractivity contribution is 0.0950. The molecule has 0 unspecified atom stereocenters. The molecule has 0 fully saturated rings. The lowest BCUT2D eigenvalue weighted by atomic mass is 10.2. The Morgan fingerprint density at radius 3 is 2.84 bits per heavy atom. The van der Waals surface area contributed by atoms with Gasteiger partial charge in [-0.3, -0.25) is 4.79 Å². The number of aromatic nitrogens is 1. The molecule has 19 heavy (non-hydrogen) atoms. The molecular formula is C13H9BrClFN2O. The van der Waals surface area contributed by atoms with Gasteiger partial charge >= 0.3 is 0 Å². The molecule has 1 aromatic carbocycles. The summed E-state index contributed by atoms with van der Waals surface area (Å²) < 4.78 is 13.8. The monoisotopic (exact) mass is 342 g/mol. The Morgan fingerprint density at radius 2 is 2.16 bits per heavy atom. The number of halogens is 3. The number of carbonyl (C=O) groups excluding carboxylic acids is 1. The molecule has 0 aliphatic heterocycles. The van der Waals surface area contributed by atoms with E-state index >= 15 is 0 Å². The van der Waals surface area contributed by atoms with Crippen molar-refractivity contribution in [1.82, 2.24) is 10.3 Å². The van der Waals surface area contributed by atoms with Crippen molar-refractivity contribution in [2.75, 3.05) is 0 Å². The Morgan fingerprint density at radius 1 is 1.37 bits per heavy atom. The Labute approximate surface area is 122 Å². The van der Waals surface area contributed by atoms with Crippen molar-refractivity contribution in [3.63, 3.8) is 0 Å². The highest BCUT2D eigenvalue weighted by atomic mass is 79.9. The van der Waals surface area contributed by atoms with E-state index in [-0.39, 0.29) is 18.3 Å². The number of carbonyl (C=O) groups is 1. The minimum Gasteiger partial charge on any atom is -0.348 e. The lowest BCUT2D eigenvalue weighted by Crippen LogP contribution is -2.23. The molecule has 1 heterocycles. The van der Waals surface area contributed by atoms with E-state index in [1.54, 1.807) is 12.1 Å². The summed E-state index contributed by atoms with van der Waals surface area (Å²) in [7, 11) is 0. The van der Waals surface area contributed by atoms with Gasteiger partial charge in [0.05, 0.1) is 5.56 Å². The molecule has 0 bridgehead atoms. The molecule has 0 saturated carbocycles. The number of pyridine rings is 1. The van der Waals surface area contributed by atoms with Gasteiger partial charge in [0.2, 0.25) is 0 Å². The number of nitrogens with one attached hydrogen (secondary N) is 1. The fraction of sp³-hybridized carbons (Fsp3) is 0.0769. The molecular weight excluding hydrogens is 335 g/mol. The van der Waals surface area contributed by atoms with Crippen LogP contribution in [0.25, 0.3) is 0 Å². The number of hydrogen-bond donors (Lipinski definition) is 1. The van der Waals surface area contributed by atoms with Crippen LogP contribution in [0.4, 0.5) is 4.39 Å². The van der Waals surface area contributed by atoms with Gasteiger partial charge in [-0.1, -0.05) is 27.5 Å². The molecule has 2 aromatic rings. The smallest absolute Gasteiger partial charge is 0.253 e. The Balaban J connectivity index is 2.04. The molecule has 1 amide bonds. The van der Waals surface area contributed by atoms with Crippen LogP contribution in [0.15, 0.2) is 41.0 Å². The van der Waals surface area contributed by atoms with Crippen LogP contribution in [-0.2, 0) is 6.54 Å². The van der Waals surface area contributed by atoms with Crippen LogP contribution in [0.5, 0.6) is 0 Å². The molecule has 2 rings (SSSR count). The van der Waals surface area contributed by atoms with Gasteiger partial charge in [0.1, 0.15) is 11.0 Å². The van der Waals surface area contributed by atoms with Gasteiger partial charge in [0, 0.05) is 17.2 Å². The van der Waals surface area contributed by atoms with E-state index in [1.165, 1.54) is 24.4 Å². The first-order valence-electron chi connectivity index (χ1n) is 5.40. The van der Waals surface area contributed by atoms with Gasteiger partial charge in [-0.25, -0.2) is 9.37 Å². The third-order valence-electron chi connectivity index (χ3n) is 2.44. The largest absolute Gasteiger partial charge is 0.348 e. The molecule has 0 saturated heterocycles. The van der Waals surface area contributed by atoms with Crippen molar-refractivity contribution in [2.45, 2.75) is 6.54 Å². The van der Waals surface area contributed by atoms with Crippen LogP contribution in [0.1, 0.15) is 15.9 Å². The van der Waals surface area contributed by atoms with Crippen LogP contribution < -0.4 is 5.32 Å². The topological polar surface area (TPSA) is 42.0 Å². The number of amides is 1. The Bertz CT molecular complexity index is 604. The quantitative estimate of drug-likeness (QED) is 0.866. The van der Waals surface area contributed by atoms with Gasteiger partial charge < -0.3 is 5.32 Å². The van der Waals surface area contributed by atoms with Crippen LogP contribution in [0.3, 0.4) is 0 Å². The predicted molar refractivity (Wildman–Crippen MR) is 74.5 cm³/mol. The summed E-state index contributed by atoms with van der Waals surface area (Å²) in [6.07, 6.45) is 1.39. The standard InChI is InChI=1S/C13H9BrClFN2O/c14-11-3-2-10(16)5-9(11)7-18-13(19)8-1-4-12(15)17-6-8/h1-6H,7H2,(H,18,19). The molecule has 0 aliphatic carbocycles. The highest BCUT2D eigenvalue weighted by Crippen LogP contribution is 2.17. The number of rotatable bonds is 3. The molecule has 98 valence electrons. The summed E-state index contributed by atoms with van der Waals surface area (Å²) in [5.41, 5.74) is 1.06. The molecule has 1 N–H and O–H groups in total. The molecule has 3 nitrogen and oxygen atoms in total. The van der Waals surface area contributed by atoms with Gasteiger partial charge in [0.15, 0.2) is 0 Å². The van der Waals surface area contributed by atoms with Gasteiger partial charge in [0.25, 0.3) is 5.91 Å². The summed E-state index contributed by atoms with van der Waals surface area (Å²) in [6, 6.07) is 7.42. The molecule has 0 spiro atoms. The van der Waals surface area contributed by atoms with Crippen molar-refractivity contribution >= 4 is 33.4 Å². The fourth-order valence-corrected chi connectivity index (χ4v) is 1.97. The molecule has 1 aromatic heterocycles. The highest BCUT2D eigenvalue weighted by molar-refractivity contribution is 9.10. The SMILES string of the molecule is O=C(NCc1cc(F)ccc1Br)c1ccc(Cl)nc1. The molecule has 6 heteroatoms. The average Bonchev–Trinajstić information content (AvgIpc) is 2.40. The first kappa shape index (κ1) is 14.0. The maximum absolute atomic E-state index is 13.1. The molecule has 0 atom stereocenters. The van der Waals surface area contributed by atoms with Gasteiger partial charge in [-0.05, 0) is 35.9 Å². The molecule has 0 radical (unpaired) electrons. The minimum atomic E-state index is -0.347. The summed E-state index contributed by atoms with van der Waals surface area (Å²) in [5.74, 6) is -0.638. The third-order valence-corrected chi connectivity index (χ3v) is 3.43. The molecule has 0 aliphatic rings. The number of nitrogens with zero attached hydrogens (tertiary/aromatic N) is 1. The minimum absolute atomic E-state index is 0.222. The van der Waals surface area contributed by atoms with E-state index in [1.807, 2.05) is 0 Å². The van der Waals surface area contributed by atoms with Crippen LogP contribution >= 0.6 is 27.5 Å². The second kappa shape index (κ2) is 6.12. The second-order valence-electron chi connectivity index (χ2n) is 3.79. The normalized spacial score (nSPS) is 10.3. The zero-order valence-electron chi connectivity index (χ0n) is 9.66. The van der Waals surface area contributed by atoms with E-state index in [0.717, 1.165) is 4.47 Å². The zero-order valence-corrected chi connectivity index (χ0v) is 12.0. The van der Waals surface area contributed by atoms with Gasteiger partial charge in [-0.2, -0.15) is 0 Å². The lowest BCUT2D eigenvalue weighted by Gasteiger charge is -2.07. The van der Waals surface area contributed by atoms with Crippen molar-refractivity contribution in [3.05, 3.63) is 63.1 Å². The van der Waals surface area contributed by atoms with Crippen LogP contribution in [-0.4, -0.2) is 10.9 Å². The summed E-state index contributed by atoms with van der Waals surface area (Å²) in [6.45, 7) is 0.222. The maximum atomic E-state index is 13.1.